The van der Waals surface area contributed by atoms with E-state index >= 15 is 0 Å². The van der Waals surface area contributed by atoms with E-state index in [9.17, 15) is 45.6 Å². The zero-order chi connectivity index (χ0) is 25.7. The number of nitrogens with two attached hydrogens (primary N) is 3. The Hall–Kier alpha value is -0.930. The fourth-order valence-electron chi connectivity index (χ4n) is 3.72. The predicted octanol–water partition coefficient (Wildman–Crippen LogP) is -7.83. The lowest BCUT2D eigenvalue weighted by atomic mass is 9.95. The van der Waals surface area contributed by atoms with Crippen molar-refractivity contribution in [3.05, 3.63) is 0 Å². The standard InChI is InChI=1S/C18H35N3O13/c19-5(1-22)11(27)15(6(26)2-23)33-18-10(21)14(30)16(8(4-25)32-18)34-17-9(20)13(29)12(28)7(3-24)31-17/h1,5-18,23-30H,2-4,19-21H2/t5-,6+,7+,8+,9+,10+,11+,12+,13+,14+,15+,16+,17-,18-/m0/s1. The SMILES string of the molecule is N[C@H]1[C@H](O[C@H]2[C@H](O)[C@@H](N)[C@H](O[C@@H]([C@H](O)[C@@H](N)C=O)[C@H](O)CO)O[C@@H]2CO)O[C@H](CO)[C@@H](O)[C@@H]1O. The third-order valence-corrected chi connectivity index (χ3v) is 5.87. The first-order chi connectivity index (χ1) is 16.0. The molecule has 200 valence electrons. The molecule has 0 amide bonds. The van der Waals surface area contributed by atoms with E-state index < -0.39 is 105 Å². The van der Waals surface area contributed by atoms with Crippen molar-refractivity contribution in [2.24, 2.45) is 17.2 Å². The van der Waals surface area contributed by atoms with Crippen LogP contribution in [-0.2, 0) is 23.7 Å². The molecule has 2 heterocycles. The smallest absolute Gasteiger partial charge is 0.176 e. The number of aldehydes is 1. The molecule has 0 bridgehead atoms. The zero-order valence-electron chi connectivity index (χ0n) is 18.1. The number of hydrogen-bond acceptors (Lipinski definition) is 16. The minimum Gasteiger partial charge on any atom is -0.394 e. The number of rotatable bonds is 11. The highest BCUT2D eigenvalue weighted by Crippen LogP contribution is 2.29. The molecule has 16 nitrogen and oxygen atoms in total. The fourth-order valence-corrected chi connectivity index (χ4v) is 3.72. The molecule has 0 aliphatic carbocycles. The van der Waals surface area contributed by atoms with Gasteiger partial charge in [0.25, 0.3) is 0 Å². The van der Waals surface area contributed by atoms with Crippen LogP contribution in [0.1, 0.15) is 0 Å². The molecule has 2 saturated heterocycles. The van der Waals surface area contributed by atoms with Gasteiger partial charge in [-0.15, -0.1) is 0 Å². The van der Waals surface area contributed by atoms with Crippen molar-refractivity contribution in [1.29, 1.82) is 0 Å². The lowest BCUT2D eigenvalue weighted by Gasteiger charge is -2.47. The molecule has 14 atom stereocenters. The first-order valence-electron chi connectivity index (χ1n) is 10.6. The molecule has 2 aliphatic rings. The van der Waals surface area contributed by atoms with Crippen LogP contribution in [-0.4, -0.2) is 153 Å². The maximum atomic E-state index is 10.9. The third-order valence-electron chi connectivity index (χ3n) is 5.87. The van der Waals surface area contributed by atoms with E-state index in [1.807, 2.05) is 0 Å². The molecule has 2 rings (SSSR count). The first kappa shape index (κ1) is 29.3. The number of ether oxygens (including phenoxy) is 4. The number of carbonyl (C=O) groups is 1. The Balaban J connectivity index is 2.17. The fraction of sp³-hybridized carbons (Fsp3) is 0.944. The van der Waals surface area contributed by atoms with Gasteiger partial charge in [-0.2, -0.15) is 0 Å². The van der Waals surface area contributed by atoms with Crippen molar-refractivity contribution in [2.45, 2.75) is 85.6 Å². The Bertz CT molecular complexity index is 632. The number of aliphatic hydroxyl groups excluding tert-OH is 8. The van der Waals surface area contributed by atoms with Crippen LogP contribution >= 0.6 is 0 Å². The molecule has 2 aliphatic heterocycles. The van der Waals surface area contributed by atoms with Crippen LogP contribution in [0.5, 0.6) is 0 Å². The summed E-state index contributed by atoms with van der Waals surface area (Å²) in [5, 5.41) is 79.3. The van der Waals surface area contributed by atoms with Crippen LogP contribution in [0.2, 0.25) is 0 Å². The second-order valence-corrected chi connectivity index (χ2v) is 8.23. The summed E-state index contributed by atoms with van der Waals surface area (Å²) in [4.78, 5) is 10.9. The summed E-state index contributed by atoms with van der Waals surface area (Å²) in [5.74, 6) is 0. The van der Waals surface area contributed by atoms with Gasteiger partial charge in [0.05, 0.1) is 37.9 Å². The van der Waals surface area contributed by atoms with Crippen LogP contribution in [0.4, 0.5) is 0 Å². The van der Waals surface area contributed by atoms with Gasteiger partial charge in [0, 0.05) is 0 Å². The lowest BCUT2D eigenvalue weighted by Crippen LogP contribution is -2.68. The van der Waals surface area contributed by atoms with E-state index in [0.717, 1.165) is 0 Å². The lowest BCUT2D eigenvalue weighted by molar-refractivity contribution is -0.338. The second kappa shape index (κ2) is 12.9. The Labute approximate surface area is 194 Å². The van der Waals surface area contributed by atoms with Crippen LogP contribution in [0, 0.1) is 0 Å². The molecule has 14 N–H and O–H groups in total. The van der Waals surface area contributed by atoms with Crippen molar-refractivity contribution >= 4 is 6.29 Å². The van der Waals surface area contributed by atoms with E-state index in [0.29, 0.717) is 0 Å². The Kier molecular flexibility index (Phi) is 11.1. The van der Waals surface area contributed by atoms with E-state index in [2.05, 4.69) is 0 Å². The number of carbonyl (C=O) groups excluding carboxylic acids is 1. The van der Waals surface area contributed by atoms with Crippen molar-refractivity contribution in [2.75, 3.05) is 19.8 Å². The average molecular weight is 501 g/mol. The number of aliphatic hydroxyl groups is 8. The molecule has 0 radical (unpaired) electrons. The molecule has 0 aromatic rings. The van der Waals surface area contributed by atoms with Gasteiger partial charge >= 0.3 is 0 Å². The predicted molar refractivity (Wildman–Crippen MR) is 108 cm³/mol. The van der Waals surface area contributed by atoms with Gasteiger partial charge in [0.1, 0.15) is 61.2 Å². The summed E-state index contributed by atoms with van der Waals surface area (Å²) in [6.45, 7) is -2.31. The summed E-state index contributed by atoms with van der Waals surface area (Å²) in [6, 6.07) is -4.23. The van der Waals surface area contributed by atoms with Gasteiger partial charge in [-0.05, 0) is 0 Å². The highest BCUT2D eigenvalue weighted by molar-refractivity contribution is 5.58. The van der Waals surface area contributed by atoms with Gasteiger partial charge in [-0.25, -0.2) is 0 Å². The molecular weight excluding hydrogens is 466 g/mol. The molecule has 0 saturated carbocycles. The zero-order valence-corrected chi connectivity index (χ0v) is 18.1. The minimum atomic E-state index is -1.79. The summed E-state index contributed by atoms with van der Waals surface area (Å²) >= 11 is 0. The van der Waals surface area contributed by atoms with Gasteiger partial charge in [0.15, 0.2) is 12.6 Å². The Morgan fingerprint density at radius 3 is 1.97 bits per heavy atom. The minimum absolute atomic E-state index is 0.195. The second-order valence-electron chi connectivity index (χ2n) is 8.23. The summed E-state index contributed by atoms with van der Waals surface area (Å²) in [6.07, 6.45) is -16.7. The largest absolute Gasteiger partial charge is 0.394 e. The van der Waals surface area contributed by atoms with Gasteiger partial charge < -0.3 is 81.8 Å². The van der Waals surface area contributed by atoms with Crippen molar-refractivity contribution < 1.29 is 64.6 Å². The molecule has 0 aromatic carbocycles. The molecular formula is C18H35N3O13. The van der Waals surface area contributed by atoms with Crippen LogP contribution in [0.25, 0.3) is 0 Å². The molecule has 34 heavy (non-hydrogen) atoms. The van der Waals surface area contributed by atoms with E-state index in [-0.39, 0.29) is 6.29 Å². The van der Waals surface area contributed by atoms with Crippen molar-refractivity contribution in [3.63, 3.8) is 0 Å². The van der Waals surface area contributed by atoms with Gasteiger partial charge in [-0.3, -0.25) is 0 Å². The highest BCUT2D eigenvalue weighted by Gasteiger charge is 2.50. The maximum Gasteiger partial charge on any atom is 0.176 e. The van der Waals surface area contributed by atoms with Gasteiger partial charge in [0.2, 0.25) is 0 Å². The van der Waals surface area contributed by atoms with Gasteiger partial charge in [-0.1, -0.05) is 0 Å². The summed E-state index contributed by atoms with van der Waals surface area (Å²) < 4.78 is 21.9. The molecule has 0 spiro atoms. The summed E-state index contributed by atoms with van der Waals surface area (Å²) in [5.41, 5.74) is 17.3. The number of hydrogen-bond donors (Lipinski definition) is 11. The molecule has 2 fully saturated rings. The average Bonchev–Trinajstić information content (AvgIpc) is 2.84. The quantitative estimate of drug-likeness (QED) is 0.117. The van der Waals surface area contributed by atoms with Crippen molar-refractivity contribution in [3.8, 4) is 0 Å². The third kappa shape index (κ3) is 6.25. The van der Waals surface area contributed by atoms with E-state index in [4.69, 9.17) is 36.1 Å². The van der Waals surface area contributed by atoms with Crippen molar-refractivity contribution in [1.82, 2.24) is 0 Å². The maximum absolute atomic E-state index is 10.9. The molecule has 0 unspecified atom stereocenters. The monoisotopic (exact) mass is 501 g/mol. The molecule has 16 heteroatoms. The Morgan fingerprint density at radius 2 is 1.44 bits per heavy atom. The topological polar surface area (TPSA) is 294 Å². The van der Waals surface area contributed by atoms with E-state index in [1.165, 1.54) is 0 Å². The highest BCUT2D eigenvalue weighted by atomic mass is 16.7. The van der Waals surface area contributed by atoms with Crippen LogP contribution in [0.3, 0.4) is 0 Å². The summed E-state index contributed by atoms with van der Waals surface area (Å²) in [7, 11) is 0. The molecule has 0 aromatic heterocycles. The van der Waals surface area contributed by atoms with Crippen LogP contribution < -0.4 is 17.2 Å². The first-order valence-corrected chi connectivity index (χ1v) is 10.6. The van der Waals surface area contributed by atoms with Crippen LogP contribution in [0.15, 0.2) is 0 Å². The normalized spacial score (nSPS) is 42.6. The Morgan fingerprint density at radius 1 is 0.882 bits per heavy atom. The van der Waals surface area contributed by atoms with E-state index in [1.54, 1.807) is 0 Å².